The van der Waals surface area contributed by atoms with Crippen LogP contribution in [0, 0.1) is 5.92 Å². The van der Waals surface area contributed by atoms with Crippen LogP contribution in [0.2, 0.25) is 0 Å². The number of aliphatic carboxylic acids is 1. The maximum Gasteiger partial charge on any atom is 0.326 e. The van der Waals surface area contributed by atoms with Crippen molar-refractivity contribution in [2.45, 2.75) is 70.3 Å². The van der Waals surface area contributed by atoms with Crippen molar-refractivity contribution in [3.63, 3.8) is 0 Å². The summed E-state index contributed by atoms with van der Waals surface area (Å²) in [6.45, 7) is 5.26. The molecule has 11 heteroatoms. The Balaban J connectivity index is 2.86. The van der Waals surface area contributed by atoms with Gasteiger partial charge < -0.3 is 31.5 Å². The van der Waals surface area contributed by atoms with Gasteiger partial charge in [0.2, 0.25) is 17.7 Å². The number of aliphatic hydroxyl groups excluding tert-OH is 1. The molecule has 1 aliphatic heterocycles. The highest BCUT2D eigenvalue weighted by Crippen LogP contribution is 2.19. The second-order valence-corrected chi connectivity index (χ2v) is 7.77. The monoisotopic (exact) mass is 432 g/mol. The fourth-order valence-electron chi connectivity index (χ4n) is 3.08. The summed E-state index contributed by atoms with van der Waals surface area (Å²) in [5, 5.41) is 24.2. The smallest absolute Gasteiger partial charge is 0.326 e. The number of hydrogen-bond acceptors (Lipinski definition) is 7. The minimum atomic E-state index is -1.34. The van der Waals surface area contributed by atoms with Crippen molar-refractivity contribution < 1.29 is 29.4 Å². The van der Waals surface area contributed by atoms with Gasteiger partial charge in [0, 0.05) is 12.3 Å². The second-order valence-electron chi connectivity index (χ2n) is 7.41. The third-order valence-corrected chi connectivity index (χ3v) is 5.61. The molecule has 0 aliphatic carbocycles. The molecule has 0 bridgehead atoms. The molecule has 166 valence electrons. The Morgan fingerprint density at radius 3 is 2.31 bits per heavy atom. The van der Waals surface area contributed by atoms with Gasteiger partial charge in [-0.15, -0.1) is 0 Å². The van der Waals surface area contributed by atoms with E-state index >= 15 is 0 Å². The van der Waals surface area contributed by atoms with Gasteiger partial charge in [0.05, 0.1) is 12.1 Å². The molecule has 1 aliphatic rings. The first-order valence-corrected chi connectivity index (χ1v) is 10.4. The number of carbonyl (C=O) groups is 4. The van der Waals surface area contributed by atoms with E-state index in [4.69, 9.17) is 5.73 Å². The molecular weight excluding hydrogens is 400 g/mol. The largest absolute Gasteiger partial charge is 0.480 e. The lowest BCUT2D eigenvalue weighted by Crippen LogP contribution is -2.60. The molecule has 0 aromatic carbocycles. The average molecular weight is 433 g/mol. The molecule has 0 spiro atoms. The average Bonchev–Trinajstić information content (AvgIpc) is 3.17. The van der Waals surface area contributed by atoms with Crippen LogP contribution in [0.1, 0.15) is 40.0 Å². The zero-order valence-electron chi connectivity index (χ0n) is 17.0. The van der Waals surface area contributed by atoms with Crippen molar-refractivity contribution in [2.75, 3.05) is 12.3 Å². The van der Waals surface area contributed by atoms with Crippen LogP contribution < -0.4 is 16.4 Å². The number of likely N-dealkylation sites (tertiary alicyclic amines) is 1. The molecule has 0 radical (unpaired) electrons. The molecule has 3 amide bonds. The minimum Gasteiger partial charge on any atom is -0.480 e. The lowest BCUT2D eigenvalue weighted by atomic mass is 9.99. The molecule has 1 saturated heterocycles. The normalized spacial score (nSPS) is 21.6. The summed E-state index contributed by atoms with van der Waals surface area (Å²) >= 11 is 4.08. The van der Waals surface area contributed by atoms with Crippen LogP contribution >= 0.6 is 12.6 Å². The lowest BCUT2D eigenvalue weighted by molar-refractivity contribution is -0.150. The second kappa shape index (κ2) is 11.4. The predicted molar refractivity (Wildman–Crippen MR) is 109 cm³/mol. The van der Waals surface area contributed by atoms with E-state index in [1.807, 2.05) is 13.8 Å². The third-order valence-electron chi connectivity index (χ3n) is 5.24. The summed E-state index contributed by atoms with van der Waals surface area (Å²) in [6.07, 6.45) is 0.252. The maximum absolute atomic E-state index is 12.8. The van der Waals surface area contributed by atoms with Crippen LogP contribution in [-0.2, 0) is 19.2 Å². The Kier molecular flexibility index (Phi) is 9.87. The zero-order chi connectivity index (χ0) is 22.3. The van der Waals surface area contributed by atoms with E-state index in [1.54, 1.807) is 0 Å². The van der Waals surface area contributed by atoms with E-state index in [0.29, 0.717) is 19.3 Å². The Labute approximate surface area is 176 Å². The van der Waals surface area contributed by atoms with Crippen molar-refractivity contribution in [3.05, 3.63) is 0 Å². The first-order chi connectivity index (χ1) is 13.5. The number of nitrogens with two attached hydrogens (primary N) is 1. The number of carboxylic acid groups (broad SMARTS) is 1. The van der Waals surface area contributed by atoms with E-state index in [0.717, 1.165) is 4.90 Å². The van der Waals surface area contributed by atoms with Gasteiger partial charge in [-0.05, 0) is 25.7 Å². The van der Waals surface area contributed by atoms with Crippen molar-refractivity contribution in [1.29, 1.82) is 0 Å². The Bertz CT molecular complexity index is 617. The summed E-state index contributed by atoms with van der Waals surface area (Å²) in [4.78, 5) is 50.1. The fraction of sp³-hybridized carbons (Fsp3) is 0.778. The van der Waals surface area contributed by atoms with Gasteiger partial charge in [0.1, 0.15) is 18.1 Å². The van der Waals surface area contributed by atoms with Gasteiger partial charge in [0.15, 0.2) is 0 Å². The van der Waals surface area contributed by atoms with Crippen LogP contribution in [0.15, 0.2) is 0 Å². The molecule has 10 nitrogen and oxygen atoms in total. The molecule has 0 aromatic heterocycles. The SMILES string of the molecule is CCC(C)C(N)C(=O)NC(CS)C(=O)NC(C(=O)N1CCCC1C(=O)O)C(C)O. The Morgan fingerprint density at radius 2 is 1.83 bits per heavy atom. The quantitative estimate of drug-likeness (QED) is 0.234. The highest BCUT2D eigenvalue weighted by atomic mass is 32.1. The van der Waals surface area contributed by atoms with Gasteiger partial charge in [-0.3, -0.25) is 14.4 Å². The van der Waals surface area contributed by atoms with Crippen LogP contribution in [0.25, 0.3) is 0 Å². The minimum absolute atomic E-state index is 0.0486. The molecule has 1 rings (SSSR count). The number of nitrogens with zero attached hydrogens (tertiary/aromatic N) is 1. The molecule has 29 heavy (non-hydrogen) atoms. The number of hydrogen-bond donors (Lipinski definition) is 6. The van der Waals surface area contributed by atoms with Crippen molar-refractivity contribution in [2.24, 2.45) is 11.7 Å². The first kappa shape index (κ1) is 25.2. The number of aliphatic hydroxyl groups is 1. The summed E-state index contributed by atoms with van der Waals surface area (Å²) in [7, 11) is 0. The van der Waals surface area contributed by atoms with E-state index in [9.17, 15) is 29.4 Å². The van der Waals surface area contributed by atoms with Crippen LogP contribution in [-0.4, -0.2) is 81.4 Å². The fourth-order valence-corrected chi connectivity index (χ4v) is 3.34. The molecule has 0 saturated carbocycles. The van der Waals surface area contributed by atoms with Crippen molar-refractivity contribution in [3.8, 4) is 0 Å². The number of carbonyl (C=O) groups excluding carboxylic acids is 3. The Hall–Kier alpha value is -1.85. The van der Waals surface area contributed by atoms with Gasteiger partial charge in [-0.25, -0.2) is 4.79 Å². The number of rotatable bonds is 10. The molecule has 6 unspecified atom stereocenters. The number of carboxylic acids is 1. The van der Waals surface area contributed by atoms with Crippen LogP contribution in [0.3, 0.4) is 0 Å². The Morgan fingerprint density at radius 1 is 1.21 bits per heavy atom. The van der Waals surface area contributed by atoms with Gasteiger partial charge in [0.25, 0.3) is 0 Å². The molecule has 1 heterocycles. The summed E-state index contributed by atoms with van der Waals surface area (Å²) in [6, 6.07) is -4.20. The molecular formula is C18H32N4O6S. The number of nitrogens with one attached hydrogen (secondary N) is 2. The van der Waals surface area contributed by atoms with E-state index in [-0.39, 0.29) is 18.2 Å². The van der Waals surface area contributed by atoms with Gasteiger partial charge in [-0.2, -0.15) is 12.6 Å². The van der Waals surface area contributed by atoms with Crippen LogP contribution in [0.5, 0.6) is 0 Å². The lowest BCUT2D eigenvalue weighted by Gasteiger charge is -2.30. The molecule has 6 N–H and O–H groups in total. The van der Waals surface area contributed by atoms with Gasteiger partial charge in [-0.1, -0.05) is 20.3 Å². The van der Waals surface area contributed by atoms with E-state index < -0.39 is 54.0 Å². The maximum atomic E-state index is 12.8. The first-order valence-electron chi connectivity index (χ1n) is 9.73. The topological polar surface area (TPSA) is 162 Å². The standard InChI is InChI=1S/C18H32N4O6S/c1-4-9(2)13(19)16(25)20-11(8-29)15(24)21-14(10(3)23)17(26)22-7-5-6-12(22)18(27)28/h9-14,23,29H,4-8,19H2,1-3H3,(H,20,25)(H,21,24)(H,27,28). The summed E-state index contributed by atoms with van der Waals surface area (Å²) in [5.41, 5.74) is 5.87. The van der Waals surface area contributed by atoms with Crippen LogP contribution in [0.4, 0.5) is 0 Å². The number of amides is 3. The predicted octanol–water partition coefficient (Wildman–Crippen LogP) is -1.28. The molecule has 6 atom stereocenters. The van der Waals surface area contributed by atoms with Crippen molar-refractivity contribution in [1.82, 2.24) is 15.5 Å². The summed E-state index contributed by atoms with van der Waals surface area (Å²) < 4.78 is 0. The van der Waals surface area contributed by atoms with E-state index in [1.165, 1.54) is 6.92 Å². The van der Waals surface area contributed by atoms with Crippen molar-refractivity contribution >= 4 is 36.3 Å². The van der Waals surface area contributed by atoms with E-state index in [2.05, 4.69) is 23.3 Å². The number of thiol groups is 1. The highest BCUT2D eigenvalue weighted by molar-refractivity contribution is 7.80. The summed E-state index contributed by atoms with van der Waals surface area (Å²) in [5.74, 6) is -3.18. The van der Waals surface area contributed by atoms with Gasteiger partial charge >= 0.3 is 5.97 Å². The molecule has 1 fully saturated rings. The molecule has 0 aromatic rings. The third kappa shape index (κ3) is 6.58. The highest BCUT2D eigenvalue weighted by Gasteiger charge is 2.40. The zero-order valence-corrected chi connectivity index (χ0v) is 17.9.